The number of anilines is 1. The molecule has 41 heavy (non-hydrogen) atoms. The molecule has 9 nitrogen and oxygen atoms in total. The van der Waals surface area contributed by atoms with E-state index >= 15 is 0 Å². The first kappa shape index (κ1) is 28.3. The number of aromatic amines is 1. The molecule has 1 amide bonds. The smallest absolute Gasteiger partial charge is 0.253 e. The Morgan fingerprint density at radius 2 is 1.78 bits per heavy atom. The van der Waals surface area contributed by atoms with Crippen LogP contribution in [-0.4, -0.2) is 51.7 Å². The van der Waals surface area contributed by atoms with Crippen LogP contribution in [0.15, 0.2) is 53.5 Å². The Bertz CT molecular complexity index is 1600. The summed E-state index contributed by atoms with van der Waals surface area (Å²) in [7, 11) is 1.85. The van der Waals surface area contributed by atoms with Crippen LogP contribution in [0.25, 0.3) is 22.4 Å². The Hall–Kier alpha value is -4.24. The van der Waals surface area contributed by atoms with Gasteiger partial charge in [-0.15, -0.1) is 5.10 Å². The molecule has 0 unspecified atom stereocenters. The van der Waals surface area contributed by atoms with Crippen molar-refractivity contribution in [3.63, 3.8) is 0 Å². The SMILES string of the molecule is CCN(c1cc(-c2ccc(-c3cn(C)nn3)cc2)cc(C(=O)NCc2c(C)cc(C)[nH]c2=O)c1C)C1CCOCC1. The number of rotatable bonds is 8. The summed E-state index contributed by atoms with van der Waals surface area (Å²) in [5.41, 5.74) is 8.36. The Morgan fingerprint density at radius 3 is 2.41 bits per heavy atom. The molecule has 0 radical (unpaired) electrons. The zero-order valence-corrected chi connectivity index (χ0v) is 24.5. The third-order valence-corrected chi connectivity index (χ3v) is 7.94. The van der Waals surface area contributed by atoms with Crippen molar-refractivity contribution in [2.45, 2.75) is 53.1 Å². The van der Waals surface area contributed by atoms with Crippen molar-refractivity contribution >= 4 is 11.6 Å². The minimum Gasteiger partial charge on any atom is -0.381 e. The molecule has 9 heteroatoms. The van der Waals surface area contributed by atoms with Crippen molar-refractivity contribution in [3.05, 3.63) is 87.0 Å². The fourth-order valence-corrected chi connectivity index (χ4v) is 5.70. The first-order chi connectivity index (χ1) is 19.7. The second-order valence-corrected chi connectivity index (χ2v) is 10.8. The van der Waals surface area contributed by atoms with Crippen LogP contribution in [0.1, 0.15) is 52.5 Å². The highest BCUT2D eigenvalue weighted by Crippen LogP contribution is 2.34. The van der Waals surface area contributed by atoms with E-state index in [0.29, 0.717) is 17.2 Å². The van der Waals surface area contributed by atoms with E-state index in [4.69, 9.17) is 4.74 Å². The van der Waals surface area contributed by atoms with E-state index in [1.165, 1.54) is 0 Å². The van der Waals surface area contributed by atoms with Gasteiger partial charge in [0.25, 0.3) is 11.5 Å². The highest BCUT2D eigenvalue weighted by atomic mass is 16.5. The van der Waals surface area contributed by atoms with E-state index in [9.17, 15) is 9.59 Å². The fourth-order valence-electron chi connectivity index (χ4n) is 5.70. The van der Waals surface area contributed by atoms with Crippen LogP contribution in [0.5, 0.6) is 0 Å². The molecule has 3 heterocycles. The van der Waals surface area contributed by atoms with Gasteiger partial charge in [-0.3, -0.25) is 14.3 Å². The molecule has 0 atom stereocenters. The van der Waals surface area contributed by atoms with E-state index < -0.39 is 0 Å². The largest absolute Gasteiger partial charge is 0.381 e. The third-order valence-electron chi connectivity index (χ3n) is 7.94. The second-order valence-electron chi connectivity index (χ2n) is 10.8. The van der Waals surface area contributed by atoms with Gasteiger partial charge in [0.2, 0.25) is 0 Å². The molecular weight excluding hydrogens is 516 g/mol. The predicted octanol–water partition coefficient (Wildman–Crippen LogP) is 4.70. The molecule has 0 aliphatic carbocycles. The zero-order valence-electron chi connectivity index (χ0n) is 24.5. The number of nitrogens with one attached hydrogen (secondary N) is 2. The first-order valence-electron chi connectivity index (χ1n) is 14.2. The van der Waals surface area contributed by atoms with Gasteiger partial charge >= 0.3 is 0 Å². The number of pyridine rings is 1. The van der Waals surface area contributed by atoms with Gasteiger partial charge in [-0.25, -0.2) is 0 Å². The molecule has 4 aromatic rings. The number of carbonyl (C=O) groups excluding carboxylic acids is 1. The molecule has 0 saturated carbocycles. The van der Waals surface area contributed by atoms with Gasteiger partial charge in [0.1, 0.15) is 5.69 Å². The average Bonchev–Trinajstić information content (AvgIpc) is 3.40. The minimum absolute atomic E-state index is 0.156. The van der Waals surface area contributed by atoms with Crippen LogP contribution < -0.4 is 15.8 Å². The number of ether oxygens (including phenoxy) is 1. The van der Waals surface area contributed by atoms with Crippen LogP contribution in [0.3, 0.4) is 0 Å². The Morgan fingerprint density at radius 1 is 1.07 bits per heavy atom. The summed E-state index contributed by atoms with van der Waals surface area (Å²) in [4.78, 5) is 31.5. The lowest BCUT2D eigenvalue weighted by Gasteiger charge is -2.37. The summed E-state index contributed by atoms with van der Waals surface area (Å²) < 4.78 is 7.32. The number of hydrogen-bond acceptors (Lipinski definition) is 6. The number of H-pyrrole nitrogens is 1. The molecule has 1 fully saturated rings. The summed E-state index contributed by atoms with van der Waals surface area (Å²) in [6, 6.07) is 14.6. The topological polar surface area (TPSA) is 105 Å². The molecule has 214 valence electrons. The lowest BCUT2D eigenvalue weighted by Crippen LogP contribution is -2.40. The molecule has 1 aliphatic heterocycles. The first-order valence-corrected chi connectivity index (χ1v) is 14.2. The van der Waals surface area contributed by atoms with Crippen LogP contribution in [0, 0.1) is 20.8 Å². The minimum atomic E-state index is -0.204. The van der Waals surface area contributed by atoms with E-state index in [1.54, 1.807) is 4.68 Å². The van der Waals surface area contributed by atoms with E-state index in [1.807, 2.05) is 58.3 Å². The number of aromatic nitrogens is 4. The summed E-state index contributed by atoms with van der Waals surface area (Å²) in [6.45, 7) is 10.4. The van der Waals surface area contributed by atoms with Crippen molar-refractivity contribution in [3.8, 4) is 22.4 Å². The molecule has 5 rings (SSSR count). The lowest BCUT2D eigenvalue weighted by molar-refractivity contribution is 0.0846. The molecule has 1 aliphatic rings. The van der Waals surface area contributed by atoms with Crippen LogP contribution >= 0.6 is 0 Å². The number of aryl methyl sites for hydroxylation is 3. The Labute approximate surface area is 240 Å². The Kier molecular flexibility index (Phi) is 8.35. The van der Waals surface area contributed by atoms with Crippen molar-refractivity contribution in [2.24, 2.45) is 7.05 Å². The maximum absolute atomic E-state index is 13.7. The molecule has 2 N–H and O–H groups in total. The average molecular weight is 555 g/mol. The highest BCUT2D eigenvalue weighted by Gasteiger charge is 2.25. The highest BCUT2D eigenvalue weighted by molar-refractivity contribution is 5.99. The van der Waals surface area contributed by atoms with Crippen LogP contribution in [0.2, 0.25) is 0 Å². The Balaban J connectivity index is 1.52. The molecular formula is C32H38N6O3. The number of benzene rings is 2. The van der Waals surface area contributed by atoms with Crippen LogP contribution in [-0.2, 0) is 18.3 Å². The number of hydrogen-bond donors (Lipinski definition) is 2. The fraction of sp³-hybridized carbons (Fsp3) is 0.375. The van der Waals surface area contributed by atoms with Crippen molar-refractivity contribution in [2.75, 3.05) is 24.7 Å². The van der Waals surface area contributed by atoms with Gasteiger partial charge < -0.3 is 19.9 Å². The van der Waals surface area contributed by atoms with E-state index in [0.717, 1.165) is 77.5 Å². The van der Waals surface area contributed by atoms with E-state index in [-0.39, 0.29) is 18.0 Å². The summed E-state index contributed by atoms with van der Waals surface area (Å²) in [5.74, 6) is -0.204. The van der Waals surface area contributed by atoms with Gasteiger partial charge in [-0.05, 0) is 81.0 Å². The van der Waals surface area contributed by atoms with Crippen LogP contribution in [0.4, 0.5) is 5.69 Å². The van der Waals surface area contributed by atoms with Gasteiger partial charge in [0, 0.05) is 67.5 Å². The van der Waals surface area contributed by atoms with Gasteiger partial charge in [0.15, 0.2) is 0 Å². The van der Waals surface area contributed by atoms with E-state index in [2.05, 4.69) is 50.6 Å². The standard InChI is InChI=1S/C32H38N6O3/c1-6-38(26-11-13-41-14-12-26)30-17-25(23-7-9-24(10-8-23)29-19-37(5)36-35-29)16-27(22(30)4)31(39)33-18-28-20(2)15-21(3)34-32(28)40/h7-10,15-17,19,26H,6,11-14,18H2,1-5H3,(H,33,39)(H,34,40). The van der Waals surface area contributed by atoms with Crippen molar-refractivity contribution in [1.29, 1.82) is 0 Å². The summed E-state index contributed by atoms with van der Waals surface area (Å²) in [5, 5.41) is 11.3. The molecule has 2 aromatic heterocycles. The number of carbonyl (C=O) groups is 1. The number of nitrogens with zero attached hydrogens (tertiary/aromatic N) is 4. The zero-order chi connectivity index (χ0) is 29.1. The van der Waals surface area contributed by atoms with Gasteiger partial charge in [-0.1, -0.05) is 29.5 Å². The van der Waals surface area contributed by atoms with Crippen molar-refractivity contribution < 1.29 is 9.53 Å². The maximum Gasteiger partial charge on any atom is 0.253 e. The molecule has 0 bridgehead atoms. The normalized spacial score (nSPS) is 13.8. The lowest BCUT2D eigenvalue weighted by atomic mass is 9.94. The molecule has 2 aromatic carbocycles. The van der Waals surface area contributed by atoms with Crippen molar-refractivity contribution in [1.82, 2.24) is 25.3 Å². The summed E-state index contributed by atoms with van der Waals surface area (Å²) >= 11 is 0. The number of amides is 1. The predicted molar refractivity (Wildman–Crippen MR) is 161 cm³/mol. The van der Waals surface area contributed by atoms with Gasteiger partial charge in [0.05, 0.1) is 6.20 Å². The second kappa shape index (κ2) is 12.1. The third kappa shape index (κ3) is 6.10. The molecule has 1 saturated heterocycles. The quantitative estimate of drug-likeness (QED) is 0.327. The maximum atomic E-state index is 13.7. The molecule has 0 spiro atoms. The van der Waals surface area contributed by atoms with Gasteiger partial charge in [-0.2, -0.15) is 0 Å². The monoisotopic (exact) mass is 554 g/mol. The summed E-state index contributed by atoms with van der Waals surface area (Å²) in [6.07, 6.45) is 3.78.